The Kier molecular flexibility index (Phi) is 12.6. The Labute approximate surface area is 177 Å². The Morgan fingerprint density at radius 3 is 2.14 bits per heavy atom. The summed E-state index contributed by atoms with van der Waals surface area (Å²) in [5, 5.41) is 7.73. The van der Waals surface area contributed by atoms with Gasteiger partial charge >= 0.3 is 0 Å². The molecule has 3 N–H and O–H groups in total. The van der Waals surface area contributed by atoms with Gasteiger partial charge in [0.15, 0.2) is 5.82 Å². The highest BCUT2D eigenvalue weighted by Crippen LogP contribution is 2.18. The van der Waals surface area contributed by atoms with E-state index in [9.17, 15) is 0 Å². The summed E-state index contributed by atoms with van der Waals surface area (Å²) in [6.07, 6.45) is 1.12. The lowest BCUT2D eigenvalue weighted by atomic mass is 10.1. The van der Waals surface area contributed by atoms with Crippen molar-refractivity contribution in [3.8, 4) is 0 Å². The predicted octanol–water partition coefficient (Wildman–Crippen LogP) is 6.40. The van der Waals surface area contributed by atoms with E-state index in [2.05, 4.69) is 93.5 Å². The van der Waals surface area contributed by atoms with Gasteiger partial charge in [-0.15, -0.1) is 26.3 Å². The second-order valence-electron chi connectivity index (χ2n) is 6.95. The molecular weight excluding hydrogens is 356 g/mol. The first kappa shape index (κ1) is 26.0. The van der Waals surface area contributed by atoms with Crippen LogP contribution in [0.4, 0.5) is 11.5 Å². The highest BCUT2D eigenvalue weighted by atomic mass is 15.1. The number of anilines is 2. The van der Waals surface area contributed by atoms with Gasteiger partial charge in [0.2, 0.25) is 0 Å². The molecule has 4 nitrogen and oxygen atoms in total. The van der Waals surface area contributed by atoms with Crippen molar-refractivity contribution in [3.05, 3.63) is 79.9 Å². The summed E-state index contributed by atoms with van der Waals surface area (Å²) >= 11 is 0. The van der Waals surface area contributed by atoms with E-state index in [1.807, 2.05) is 25.1 Å². The number of hydrogen-bond acceptors (Lipinski definition) is 3. The predicted molar refractivity (Wildman–Crippen MR) is 132 cm³/mol. The van der Waals surface area contributed by atoms with Gasteiger partial charge in [0.25, 0.3) is 0 Å². The van der Waals surface area contributed by atoms with Crippen LogP contribution in [-0.4, -0.2) is 23.8 Å². The van der Waals surface area contributed by atoms with Crippen LogP contribution in [-0.2, 0) is 6.42 Å². The molecule has 0 unspecified atom stereocenters. The van der Waals surface area contributed by atoms with Gasteiger partial charge in [0, 0.05) is 24.7 Å². The van der Waals surface area contributed by atoms with Crippen molar-refractivity contribution < 1.29 is 0 Å². The molecule has 0 amide bonds. The molecule has 2 aromatic carbocycles. The van der Waals surface area contributed by atoms with Gasteiger partial charge in [-0.3, -0.25) is 5.10 Å². The van der Waals surface area contributed by atoms with E-state index in [0.717, 1.165) is 23.9 Å². The Balaban J connectivity index is 0.000000469. The minimum atomic E-state index is 0.573. The molecule has 0 bridgehead atoms. The van der Waals surface area contributed by atoms with E-state index in [1.54, 1.807) is 0 Å². The van der Waals surface area contributed by atoms with Gasteiger partial charge in [-0.1, -0.05) is 44.5 Å². The van der Waals surface area contributed by atoms with Gasteiger partial charge < -0.3 is 10.6 Å². The molecule has 1 heterocycles. The van der Waals surface area contributed by atoms with Crippen LogP contribution in [0.5, 0.6) is 0 Å². The third-order valence-electron chi connectivity index (χ3n) is 4.17. The zero-order valence-corrected chi connectivity index (χ0v) is 18.8. The van der Waals surface area contributed by atoms with E-state index in [1.165, 1.54) is 16.8 Å². The summed E-state index contributed by atoms with van der Waals surface area (Å²) in [5.41, 5.74) is 10.5. The summed E-state index contributed by atoms with van der Waals surface area (Å²) in [4.78, 5) is 2.31. The van der Waals surface area contributed by atoms with Crippen molar-refractivity contribution in [1.82, 2.24) is 10.2 Å². The highest BCUT2D eigenvalue weighted by molar-refractivity contribution is 5.88. The average Bonchev–Trinajstić information content (AvgIpc) is 3.11. The first-order valence-electron chi connectivity index (χ1n) is 9.91. The maximum absolute atomic E-state index is 5.60. The minimum Gasteiger partial charge on any atom is -0.382 e. The van der Waals surface area contributed by atoms with Crippen LogP contribution in [0.3, 0.4) is 0 Å². The molecule has 3 aromatic rings. The molecule has 158 valence electrons. The molecule has 0 aliphatic rings. The van der Waals surface area contributed by atoms with Crippen molar-refractivity contribution in [2.24, 2.45) is 5.92 Å². The molecule has 0 saturated heterocycles. The SMILES string of the molecule is C=C.C=C.CCc1ccc(N(C)CC(C)C)cc1.Cc1ccc2[nH]nc(N)c2c1. The minimum absolute atomic E-state index is 0.573. The summed E-state index contributed by atoms with van der Waals surface area (Å²) in [7, 11) is 2.15. The maximum atomic E-state index is 5.60. The molecule has 0 spiro atoms. The van der Waals surface area contributed by atoms with Crippen molar-refractivity contribution in [2.45, 2.75) is 34.1 Å². The highest BCUT2D eigenvalue weighted by Gasteiger charge is 2.02. The molecule has 0 radical (unpaired) electrons. The number of aryl methyl sites for hydroxylation is 2. The van der Waals surface area contributed by atoms with Crippen LogP contribution >= 0.6 is 0 Å². The van der Waals surface area contributed by atoms with Crippen molar-refractivity contribution >= 4 is 22.4 Å². The van der Waals surface area contributed by atoms with Crippen LogP contribution in [0.1, 0.15) is 31.9 Å². The fourth-order valence-electron chi connectivity index (χ4n) is 2.79. The lowest BCUT2D eigenvalue weighted by Gasteiger charge is -2.21. The zero-order chi connectivity index (χ0) is 22.4. The molecule has 0 saturated carbocycles. The number of hydrogen-bond donors (Lipinski definition) is 2. The van der Waals surface area contributed by atoms with Gasteiger partial charge in [-0.05, 0) is 49.1 Å². The Hall–Kier alpha value is -3.01. The summed E-state index contributed by atoms with van der Waals surface area (Å²) in [6, 6.07) is 14.9. The number of rotatable bonds is 4. The third-order valence-corrected chi connectivity index (χ3v) is 4.17. The number of aromatic nitrogens is 2. The number of nitrogens with zero attached hydrogens (tertiary/aromatic N) is 2. The molecule has 4 heteroatoms. The monoisotopic (exact) mass is 394 g/mol. The van der Waals surface area contributed by atoms with Crippen molar-refractivity contribution in [3.63, 3.8) is 0 Å². The average molecular weight is 395 g/mol. The van der Waals surface area contributed by atoms with Gasteiger partial charge in [0.05, 0.1) is 5.52 Å². The Bertz CT molecular complexity index is 816. The number of fused-ring (bicyclic) bond motifs is 1. The first-order valence-corrected chi connectivity index (χ1v) is 9.91. The molecule has 29 heavy (non-hydrogen) atoms. The topological polar surface area (TPSA) is 57.9 Å². The third kappa shape index (κ3) is 8.69. The molecule has 3 rings (SSSR count). The Morgan fingerprint density at radius 1 is 1.03 bits per heavy atom. The number of benzene rings is 2. The van der Waals surface area contributed by atoms with Crippen LogP contribution in [0.2, 0.25) is 0 Å². The van der Waals surface area contributed by atoms with Crippen LogP contribution < -0.4 is 10.6 Å². The van der Waals surface area contributed by atoms with Crippen molar-refractivity contribution in [2.75, 3.05) is 24.2 Å². The lowest BCUT2D eigenvalue weighted by Crippen LogP contribution is -2.22. The number of nitrogens with two attached hydrogens (primary N) is 1. The van der Waals surface area contributed by atoms with E-state index in [-0.39, 0.29) is 0 Å². The summed E-state index contributed by atoms with van der Waals surface area (Å²) < 4.78 is 0. The summed E-state index contributed by atoms with van der Waals surface area (Å²) in [5.74, 6) is 1.29. The van der Waals surface area contributed by atoms with Crippen molar-refractivity contribution in [1.29, 1.82) is 0 Å². The quantitative estimate of drug-likeness (QED) is 0.503. The molecule has 0 fully saturated rings. The largest absolute Gasteiger partial charge is 0.382 e. The molecule has 0 aliphatic carbocycles. The fourth-order valence-corrected chi connectivity index (χ4v) is 2.79. The Morgan fingerprint density at radius 2 is 1.62 bits per heavy atom. The number of nitrogens with one attached hydrogen (secondary N) is 1. The second-order valence-corrected chi connectivity index (χ2v) is 6.95. The molecule has 0 atom stereocenters. The van der Waals surface area contributed by atoms with Crippen LogP contribution in [0.15, 0.2) is 68.8 Å². The van der Waals surface area contributed by atoms with E-state index >= 15 is 0 Å². The number of aromatic amines is 1. The van der Waals surface area contributed by atoms with Crippen LogP contribution in [0.25, 0.3) is 10.9 Å². The van der Waals surface area contributed by atoms with Gasteiger partial charge in [-0.25, -0.2) is 0 Å². The lowest BCUT2D eigenvalue weighted by molar-refractivity contribution is 0.638. The first-order chi connectivity index (χ1) is 13.9. The van der Waals surface area contributed by atoms with E-state index < -0.39 is 0 Å². The van der Waals surface area contributed by atoms with E-state index in [4.69, 9.17) is 5.73 Å². The number of H-pyrrole nitrogens is 1. The molecule has 1 aromatic heterocycles. The maximum Gasteiger partial charge on any atom is 0.153 e. The van der Waals surface area contributed by atoms with Crippen LogP contribution in [0, 0.1) is 12.8 Å². The molecule has 0 aliphatic heterocycles. The smallest absolute Gasteiger partial charge is 0.153 e. The zero-order valence-electron chi connectivity index (χ0n) is 18.8. The van der Waals surface area contributed by atoms with E-state index in [0.29, 0.717) is 11.7 Å². The normalized spacial score (nSPS) is 9.45. The fraction of sp³-hybridized carbons (Fsp3) is 0.320. The second kappa shape index (κ2) is 14.1. The van der Waals surface area contributed by atoms with Gasteiger partial charge in [0.1, 0.15) is 0 Å². The number of nitrogen functional groups attached to an aromatic ring is 1. The molecular formula is C25H38N4. The standard InChI is InChI=1S/C13H21N.C8H9N3.2C2H4/c1-5-12-6-8-13(9-7-12)14(4)10-11(2)3;1-5-2-3-7-6(4-5)8(9)11-10-7;2*1-2/h6-9,11H,5,10H2,1-4H3;2-4H,1H3,(H3,9,10,11);2*1-2H2. The summed E-state index contributed by atoms with van der Waals surface area (Å²) in [6.45, 7) is 21.8. The van der Waals surface area contributed by atoms with Gasteiger partial charge in [-0.2, -0.15) is 5.10 Å².